The summed E-state index contributed by atoms with van der Waals surface area (Å²) in [6.07, 6.45) is 19.7. The Morgan fingerprint density at radius 1 is 0.840 bits per heavy atom. The quantitative estimate of drug-likeness (QED) is 0.102. The van der Waals surface area contributed by atoms with Crippen LogP contribution in [0.2, 0.25) is 0 Å². The summed E-state index contributed by atoms with van der Waals surface area (Å²) in [5, 5.41) is 0. The van der Waals surface area contributed by atoms with Gasteiger partial charge in [0.2, 0.25) is 6.23 Å². The first-order valence-electron chi connectivity index (χ1n) is 10.6. The monoisotopic (exact) mass is 354 g/mol. The molecule has 0 saturated carbocycles. The average molecular weight is 355 g/mol. The predicted octanol–water partition coefficient (Wildman–Crippen LogP) is 6.23. The lowest BCUT2D eigenvalue weighted by Crippen LogP contribution is -2.47. The zero-order chi connectivity index (χ0) is 19.0. The van der Waals surface area contributed by atoms with Crippen LogP contribution in [0, 0.1) is 0 Å². The molecule has 148 valence electrons. The Kier molecular flexibility index (Phi) is 14.9. The van der Waals surface area contributed by atoms with E-state index in [4.69, 9.17) is 4.74 Å². The number of esters is 1. The molecule has 1 atom stereocenters. The molecular formula is C22H44NO2+. The molecule has 0 aliphatic carbocycles. The van der Waals surface area contributed by atoms with Crippen LogP contribution in [-0.4, -0.2) is 37.8 Å². The van der Waals surface area contributed by atoms with Crippen LogP contribution in [-0.2, 0) is 9.53 Å². The fourth-order valence-electron chi connectivity index (χ4n) is 3.12. The van der Waals surface area contributed by atoms with Gasteiger partial charge in [-0.3, -0.25) is 4.48 Å². The Labute approximate surface area is 157 Å². The first-order chi connectivity index (χ1) is 11.9. The van der Waals surface area contributed by atoms with E-state index in [1.165, 1.54) is 83.1 Å². The molecule has 1 unspecified atom stereocenters. The fraction of sp³-hybridized carbons (Fsp3) is 0.864. The zero-order valence-electron chi connectivity index (χ0n) is 17.5. The molecule has 3 nitrogen and oxygen atoms in total. The summed E-state index contributed by atoms with van der Waals surface area (Å²) in [6.45, 7) is 5.76. The van der Waals surface area contributed by atoms with Crippen molar-refractivity contribution in [3.8, 4) is 0 Å². The van der Waals surface area contributed by atoms with E-state index in [0.29, 0.717) is 4.48 Å². The zero-order valence-corrected chi connectivity index (χ0v) is 17.5. The predicted molar refractivity (Wildman–Crippen MR) is 108 cm³/mol. The van der Waals surface area contributed by atoms with Crippen LogP contribution in [0.4, 0.5) is 0 Å². The minimum Gasteiger partial charge on any atom is -0.409 e. The average Bonchev–Trinajstić information content (AvgIpc) is 2.56. The maximum atomic E-state index is 11.5. The highest BCUT2D eigenvalue weighted by atomic mass is 16.6. The molecule has 0 saturated heterocycles. The Morgan fingerprint density at radius 3 is 1.60 bits per heavy atom. The summed E-state index contributed by atoms with van der Waals surface area (Å²) < 4.78 is 6.14. The van der Waals surface area contributed by atoms with Gasteiger partial charge in [-0.2, -0.15) is 0 Å². The second kappa shape index (κ2) is 15.4. The van der Waals surface area contributed by atoms with Crippen LogP contribution in [0.5, 0.6) is 0 Å². The van der Waals surface area contributed by atoms with Crippen LogP contribution in [0.15, 0.2) is 12.7 Å². The molecule has 0 N–H and O–H groups in total. The third kappa shape index (κ3) is 15.2. The molecule has 0 bridgehead atoms. The molecule has 0 fully saturated rings. The highest BCUT2D eigenvalue weighted by Crippen LogP contribution is 2.17. The summed E-state index contributed by atoms with van der Waals surface area (Å²) in [5.74, 6) is -0.312. The molecule has 0 amide bonds. The minimum absolute atomic E-state index is 0.0711. The molecule has 0 heterocycles. The van der Waals surface area contributed by atoms with E-state index < -0.39 is 0 Å². The van der Waals surface area contributed by atoms with Crippen molar-refractivity contribution < 1.29 is 14.0 Å². The number of unbranched alkanes of at least 4 members (excludes halogenated alkanes) is 12. The van der Waals surface area contributed by atoms with Crippen molar-refractivity contribution in [1.82, 2.24) is 0 Å². The van der Waals surface area contributed by atoms with Gasteiger partial charge in [0.25, 0.3) is 0 Å². The van der Waals surface area contributed by atoms with Crippen molar-refractivity contribution in [3.05, 3.63) is 12.7 Å². The van der Waals surface area contributed by atoms with Gasteiger partial charge >= 0.3 is 5.97 Å². The third-order valence-corrected chi connectivity index (χ3v) is 4.84. The van der Waals surface area contributed by atoms with Gasteiger partial charge in [-0.05, 0) is 6.42 Å². The summed E-state index contributed by atoms with van der Waals surface area (Å²) in [5.41, 5.74) is 0. The van der Waals surface area contributed by atoms with E-state index in [0.717, 1.165) is 12.8 Å². The molecule has 0 spiro atoms. The van der Waals surface area contributed by atoms with Crippen molar-refractivity contribution in [2.45, 2.75) is 103 Å². The van der Waals surface area contributed by atoms with Crippen molar-refractivity contribution in [3.63, 3.8) is 0 Å². The van der Waals surface area contributed by atoms with Crippen LogP contribution >= 0.6 is 0 Å². The smallest absolute Gasteiger partial charge is 0.334 e. The van der Waals surface area contributed by atoms with Crippen molar-refractivity contribution in [1.29, 1.82) is 0 Å². The Hall–Kier alpha value is -0.830. The van der Waals surface area contributed by atoms with Crippen molar-refractivity contribution >= 4 is 5.97 Å². The molecule has 0 aliphatic heterocycles. The summed E-state index contributed by atoms with van der Waals surface area (Å²) >= 11 is 0. The molecule has 3 heteroatoms. The maximum Gasteiger partial charge on any atom is 0.334 e. The number of nitrogens with zero attached hydrogens (tertiary/aromatic N) is 1. The molecule has 0 rings (SSSR count). The van der Waals surface area contributed by atoms with Gasteiger partial charge in [-0.25, -0.2) is 4.79 Å². The first kappa shape index (κ1) is 24.2. The van der Waals surface area contributed by atoms with E-state index in [1.54, 1.807) is 0 Å². The molecular weight excluding hydrogens is 310 g/mol. The Morgan fingerprint density at radius 2 is 1.24 bits per heavy atom. The van der Waals surface area contributed by atoms with Crippen LogP contribution in [0.3, 0.4) is 0 Å². The van der Waals surface area contributed by atoms with Crippen LogP contribution in [0.25, 0.3) is 0 Å². The van der Waals surface area contributed by atoms with Gasteiger partial charge < -0.3 is 4.74 Å². The highest BCUT2D eigenvalue weighted by Gasteiger charge is 2.26. The number of ether oxygens (including phenoxy) is 1. The topological polar surface area (TPSA) is 26.3 Å². The van der Waals surface area contributed by atoms with Gasteiger partial charge in [0.1, 0.15) is 0 Å². The summed E-state index contributed by atoms with van der Waals surface area (Å²) in [4.78, 5) is 11.5. The van der Waals surface area contributed by atoms with Crippen molar-refractivity contribution in [2.75, 3.05) is 21.1 Å². The van der Waals surface area contributed by atoms with E-state index in [2.05, 4.69) is 34.6 Å². The highest BCUT2D eigenvalue weighted by molar-refractivity contribution is 5.81. The van der Waals surface area contributed by atoms with E-state index in [9.17, 15) is 4.79 Å². The third-order valence-electron chi connectivity index (χ3n) is 4.84. The maximum absolute atomic E-state index is 11.5. The van der Waals surface area contributed by atoms with Gasteiger partial charge in [0.15, 0.2) is 0 Å². The SMILES string of the molecule is C=CC(=O)OC(CCCCCCCCCCCCCCC)[N+](C)(C)C. The lowest BCUT2D eigenvalue weighted by molar-refractivity contribution is -0.917. The number of hydrogen-bond acceptors (Lipinski definition) is 2. The van der Waals surface area contributed by atoms with Crippen LogP contribution < -0.4 is 0 Å². The molecule has 0 radical (unpaired) electrons. The minimum atomic E-state index is -0.312. The lowest BCUT2D eigenvalue weighted by atomic mass is 10.0. The number of quaternary nitrogens is 1. The second-order valence-corrected chi connectivity index (χ2v) is 8.24. The van der Waals surface area contributed by atoms with E-state index >= 15 is 0 Å². The van der Waals surface area contributed by atoms with E-state index in [1.807, 2.05) is 0 Å². The normalized spacial score (nSPS) is 12.8. The number of carbonyl (C=O) groups is 1. The first-order valence-corrected chi connectivity index (χ1v) is 10.6. The van der Waals surface area contributed by atoms with Gasteiger partial charge in [0.05, 0.1) is 21.1 Å². The Bertz CT molecular complexity index is 333. The van der Waals surface area contributed by atoms with Gasteiger partial charge in [-0.1, -0.05) is 90.6 Å². The number of rotatable bonds is 17. The summed E-state index contributed by atoms with van der Waals surface area (Å²) in [6, 6.07) is 0. The van der Waals surface area contributed by atoms with Gasteiger partial charge in [0, 0.05) is 12.5 Å². The summed E-state index contributed by atoms with van der Waals surface area (Å²) in [7, 11) is 6.22. The number of hydrogen-bond donors (Lipinski definition) is 0. The molecule has 0 aliphatic rings. The Balaban J connectivity index is 3.54. The fourth-order valence-corrected chi connectivity index (χ4v) is 3.12. The molecule has 0 aromatic rings. The standard InChI is InChI=1S/C22H44NO2/c1-6-8-9-10-11-12-13-14-15-16-17-18-19-20-21(23(3,4)5)25-22(24)7-2/h7,21H,2,6,8-20H2,1,3-5H3/q+1. The van der Waals surface area contributed by atoms with E-state index in [-0.39, 0.29) is 12.2 Å². The van der Waals surface area contributed by atoms with Crippen molar-refractivity contribution in [2.24, 2.45) is 0 Å². The molecule has 25 heavy (non-hydrogen) atoms. The second-order valence-electron chi connectivity index (χ2n) is 8.24. The molecule has 0 aromatic heterocycles. The van der Waals surface area contributed by atoms with Crippen LogP contribution in [0.1, 0.15) is 96.8 Å². The largest absolute Gasteiger partial charge is 0.409 e. The number of carbonyl (C=O) groups excluding carboxylic acids is 1. The van der Waals surface area contributed by atoms with Gasteiger partial charge in [-0.15, -0.1) is 0 Å². The molecule has 0 aromatic carbocycles. The lowest BCUT2D eigenvalue weighted by Gasteiger charge is -2.32.